The zero-order valence-electron chi connectivity index (χ0n) is 11.9. The molecule has 0 heterocycles. The van der Waals surface area contributed by atoms with Gasteiger partial charge >= 0.3 is 0 Å². The van der Waals surface area contributed by atoms with Gasteiger partial charge in [-0.05, 0) is 30.2 Å². The summed E-state index contributed by atoms with van der Waals surface area (Å²) in [7, 11) is 0. The smallest absolute Gasteiger partial charge is 0.129 e. The Morgan fingerprint density at radius 3 is 2.62 bits per heavy atom. The third-order valence-corrected chi connectivity index (χ3v) is 3.63. The highest BCUT2D eigenvalue weighted by molar-refractivity contribution is 6.30. The molecule has 0 fully saturated rings. The van der Waals surface area contributed by atoms with Crippen LogP contribution in [0.1, 0.15) is 30.6 Å². The molecule has 21 heavy (non-hydrogen) atoms. The summed E-state index contributed by atoms with van der Waals surface area (Å²) in [5.74, 6) is -0.294. The molecule has 0 bridgehead atoms. The molecular weight excluding hydrogens is 289 g/mol. The van der Waals surface area contributed by atoms with Crippen LogP contribution in [0, 0.1) is 5.82 Å². The fourth-order valence-corrected chi connectivity index (χ4v) is 2.39. The Morgan fingerprint density at radius 2 is 1.95 bits per heavy atom. The summed E-state index contributed by atoms with van der Waals surface area (Å²) in [5, 5.41) is 0.651. The number of rotatable bonds is 6. The molecule has 0 saturated heterocycles. The lowest BCUT2D eigenvalue weighted by Crippen LogP contribution is -2.30. The lowest BCUT2D eigenvalue weighted by atomic mass is 10.0. The van der Waals surface area contributed by atoms with Crippen molar-refractivity contribution in [2.24, 2.45) is 5.73 Å². The van der Waals surface area contributed by atoms with E-state index in [4.69, 9.17) is 22.1 Å². The normalized spacial score (nSPS) is 13.9. The van der Waals surface area contributed by atoms with Crippen molar-refractivity contribution in [1.82, 2.24) is 0 Å². The molecule has 2 nitrogen and oxygen atoms in total. The van der Waals surface area contributed by atoms with Gasteiger partial charge in [0, 0.05) is 16.6 Å². The van der Waals surface area contributed by atoms with Gasteiger partial charge in [0.15, 0.2) is 0 Å². The van der Waals surface area contributed by atoms with Crippen LogP contribution in [0.2, 0.25) is 5.02 Å². The molecule has 2 atom stereocenters. The van der Waals surface area contributed by atoms with Crippen molar-refractivity contribution in [3.05, 3.63) is 70.5 Å². The van der Waals surface area contributed by atoms with Crippen molar-refractivity contribution in [3.63, 3.8) is 0 Å². The van der Waals surface area contributed by atoms with Crippen LogP contribution in [-0.4, -0.2) is 6.04 Å². The highest BCUT2D eigenvalue weighted by atomic mass is 35.5. The first-order valence-electron chi connectivity index (χ1n) is 6.98. The predicted molar refractivity (Wildman–Crippen MR) is 83.6 cm³/mol. The molecule has 2 rings (SSSR count). The minimum absolute atomic E-state index is 0.263. The van der Waals surface area contributed by atoms with Gasteiger partial charge in [-0.2, -0.15) is 0 Å². The van der Waals surface area contributed by atoms with Crippen LogP contribution < -0.4 is 5.73 Å². The van der Waals surface area contributed by atoms with Gasteiger partial charge in [0.25, 0.3) is 0 Å². The Bertz CT molecular complexity index is 591. The minimum Gasteiger partial charge on any atom is -0.367 e. The zero-order chi connectivity index (χ0) is 15.2. The van der Waals surface area contributed by atoms with Crippen molar-refractivity contribution >= 4 is 11.6 Å². The van der Waals surface area contributed by atoms with Crippen molar-refractivity contribution < 1.29 is 9.13 Å². The van der Waals surface area contributed by atoms with Crippen LogP contribution >= 0.6 is 11.6 Å². The van der Waals surface area contributed by atoms with E-state index in [1.807, 2.05) is 25.1 Å². The molecule has 0 aromatic heterocycles. The van der Waals surface area contributed by atoms with Crippen LogP contribution in [0.25, 0.3) is 0 Å². The fourth-order valence-electron chi connectivity index (χ4n) is 2.18. The highest BCUT2D eigenvalue weighted by Gasteiger charge is 2.22. The first-order valence-corrected chi connectivity index (χ1v) is 7.35. The summed E-state index contributed by atoms with van der Waals surface area (Å²) < 4.78 is 19.8. The number of hydrogen-bond acceptors (Lipinski definition) is 2. The van der Waals surface area contributed by atoms with E-state index in [0.29, 0.717) is 23.6 Å². The van der Waals surface area contributed by atoms with Gasteiger partial charge in [0.1, 0.15) is 11.9 Å². The Labute approximate surface area is 129 Å². The summed E-state index contributed by atoms with van der Waals surface area (Å²) >= 11 is 5.95. The molecule has 2 aromatic carbocycles. The molecular formula is C17H19ClFNO. The van der Waals surface area contributed by atoms with Gasteiger partial charge in [-0.25, -0.2) is 4.39 Å². The maximum atomic E-state index is 14.0. The Kier molecular flexibility index (Phi) is 5.74. The number of ether oxygens (including phenoxy) is 1. The Hall–Kier alpha value is -1.42. The first kappa shape index (κ1) is 16.0. The van der Waals surface area contributed by atoms with E-state index in [9.17, 15) is 4.39 Å². The molecule has 2 unspecified atom stereocenters. The lowest BCUT2D eigenvalue weighted by Gasteiger charge is -2.24. The average molecular weight is 308 g/mol. The van der Waals surface area contributed by atoms with Gasteiger partial charge < -0.3 is 10.5 Å². The molecule has 2 aromatic rings. The number of halogens is 2. The van der Waals surface area contributed by atoms with Gasteiger partial charge in [0.2, 0.25) is 0 Å². The first-order chi connectivity index (χ1) is 10.1. The van der Waals surface area contributed by atoms with Crippen molar-refractivity contribution in [2.45, 2.75) is 32.1 Å². The topological polar surface area (TPSA) is 35.2 Å². The number of benzene rings is 2. The van der Waals surface area contributed by atoms with Crippen molar-refractivity contribution in [2.75, 3.05) is 0 Å². The second-order valence-corrected chi connectivity index (χ2v) is 5.39. The van der Waals surface area contributed by atoms with Gasteiger partial charge in [-0.1, -0.05) is 48.9 Å². The van der Waals surface area contributed by atoms with E-state index in [1.165, 1.54) is 6.07 Å². The molecule has 0 aliphatic carbocycles. The largest absolute Gasteiger partial charge is 0.367 e. The molecule has 0 aliphatic heterocycles. The summed E-state index contributed by atoms with van der Waals surface area (Å²) in [6, 6.07) is 13.7. The molecule has 112 valence electrons. The third kappa shape index (κ3) is 4.27. The van der Waals surface area contributed by atoms with Crippen LogP contribution in [-0.2, 0) is 11.3 Å². The lowest BCUT2D eigenvalue weighted by molar-refractivity contribution is 0.0190. The van der Waals surface area contributed by atoms with Crippen molar-refractivity contribution in [1.29, 1.82) is 0 Å². The molecule has 0 aliphatic rings. The second kappa shape index (κ2) is 7.55. The maximum absolute atomic E-state index is 14.0. The zero-order valence-corrected chi connectivity index (χ0v) is 12.7. The summed E-state index contributed by atoms with van der Waals surface area (Å²) in [4.78, 5) is 0. The van der Waals surface area contributed by atoms with E-state index in [0.717, 1.165) is 5.56 Å². The molecule has 0 amide bonds. The van der Waals surface area contributed by atoms with E-state index >= 15 is 0 Å². The Morgan fingerprint density at radius 1 is 1.19 bits per heavy atom. The van der Waals surface area contributed by atoms with Crippen LogP contribution in [0.4, 0.5) is 4.39 Å². The SMILES string of the molecule is CCC(N)C(OCc1cccc(Cl)c1)c1ccccc1F. The number of hydrogen-bond donors (Lipinski definition) is 1. The van der Waals surface area contributed by atoms with Crippen LogP contribution in [0.5, 0.6) is 0 Å². The van der Waals surface area contributed by atoms with Gasteiger partial charge in [-0.3, -0.25) is 0 Å². The van der Waals surface area contributed by atoms with E-state index < -0.39 is 6.10 Å². The predicted octanol–water partition coefficient (Wildman–Crippen LogP) is 4.47. The minimum atomic E-state index is -0.477. The fraction of sp³-hybridized carbons (Fsp3) is 0.294. The number of nitrogens with two attached hydrogens (primary N) is 1. The standard InChI is InChI=1S/C17H19ClFNO/c1-2-16(20)17(14-8-3-4-9-15(14)19)21-11-12-6-5-7-13(18)10-12/h3-10,16-17H,2,11,20H2,1H3. The Balaban J connectivity index is 2.16. The summed E-state index contributed by atoms with van der Waals surface area (Å²) in [6.45, 7) is 2.30. The molecule has 2 N–H and O–H groups in total. The quantitative estimate of drug-likeness (QED) is 0.854. The highest BCUT2D eigenvalue weighted by Crippen LogP contribution is 2.26. The van der Waals surface area contributed by atoms with Crippen LogP contribution in [0.15, 0.2) is 48.5 Å². The molecule has 0 spiro atoms. The molecule has 0 saturated carbocycles. The average Bonchev–Trinajstić information content (AvgIpc) is 2.49. The molecule has 0 radical (unpaired) electrons. The summed E-state index contributed by atoms with van der Waals surface area (Å²) in [5.41, 5.74) is 7.53. The van der Waals surface area contributed by atoms with Crippen molar-refractivity contribution in [3.8, 4) is 0 Å². The maximum Gasteiger partial charge on any atom is 0.129 e. The third-order valence-electron chi connectivity index (χ3n) is 3.39. The van der Waals surface area contributed by atoms with Gasteiger partial charge in [-0.15, -0.1) is 0 Å². The van der Waals surface area contributed by atoms with E-state index in [1.54, 1.807) is 24.3 Å². The van der Waals surface area contributed by atoms with Gasteiger partial charge in [0.05, 0.1) is 6.61 Å². The van der Waals surface area contributed by atoms with Crippen LogP contribution in [0.3, 0.4) is 0 Å². The monoisotopic (exact) mass is 307 g/mol. The summed E-state index contributed by atoms with van der Waals surface area (Å²) in [6.07, 6.45) is 0.226. The van der Waals surface area contributed by atoms with E-state index in [-0.39, 0.29) is 11.9 Å². The molecule has 4 heteroatoms. The second-order valence-electron chi connectivity index (χ2n) is 4.96. The van der Waals surface area contributed by atoms with E-state index in [2.05, 4.69) is 0 Å².